The lowest BCUT2D eigenvalue weighted by molar-refractivity contribution is -0.118. The Morgan fingerprint density at radius 2 is 1.76 bits per heavy atom. The molecule has 6 heteroatoms. The molecule has 0 saturated heterocycles. The summed E-state index contributed by atoms with van der Waals surface area (Å²) in [6.45, 7) is 3.83. The predicted molar refractivity (Wildman–Crippen MR) is 127 cm³/mol. The van der Waals surface area contributed by atoms with Crippen molar-refractivity contribution < 1.29 is 18.7 Å². The van der Waals surface area contributed by atoms with Crippen LogP contribution in [0.1, 0.15) is 48.7 Å². The monoisotopic (exact) mass is 446 g/mol. The van der Waals surface area contributed by atoms with Crippen LogP contribution in [0.3, 0.4) is 0 Å². The van der Waals surface area contributed by atoms with Gasteiger partial charge in [0.2, 0.25) is 5.91 Å². The summed E-state index contributed by atoms with van der Waals surface area (Å²) in [6, 6.07) is 21.0. The predicted octanol–water partition coefficient (Wildman–Crippen LogP) is 5.76. The Balaban J connectivity index is 1.78. The van der Waals surface area contributed by atoms with E-state index < -0.39 is 5.82 Å². The molecule has 4 rings (SSSR count). The molecule has 5 nitrogen and oxygen atoms in total. The number of rotatable bonds is 5. The maximum Gasteiger partial charge on any atom is 0.258 e. The van der Waals surface area contributed by atoms with E-state index in [1.807, 2.05) is 73.3 Å². The molecular weight excluding hydrogens is 419 g/mol. The molecule has 0 aliphatic carbocycles. The second kappa shape index (κ2) is 9.45. The smallest absolute Gasteiger partial charge is 0.258 e. The van der Waals surface area contributed by atoms with E-state index in [0.29, 0.717) is 18.4 Å². The number of halogens is 1. The zero-order valence-electron chi connectivity index (χ0n) is 19.0. The maximum absolute atomic E-state index is 13.9. The number of carbonyl (C=O) groups excluding carboxylic acids is 2. The molecule has 3 aromatic carbocycles. The third kappa shape index (κ3) is 4.21. The van der Waals surface area contributed by atoms with Crippen molar-refractivity contribution in [1.29, 1.82) is 0 Å². The van der Waals surface area contributed by atoms with E-state index in [1.165, 1.54) is 25.3 Å². The fraction of sp³-hybridized carbons (Fsp3) is 0.259. The average molecular weight is 447 g/mol. The molecule has 0 radical (unpaired) electrons. The van der Waals surface area contributed by atoms with Gasteiger partial charge in [0.05, 0.1) is 13.2 Å². The first-order valence-electron chi connectivity index (χ1n) is 11.1. The van der Waals surface area contributed by atoms with Crippen molar-refractivity contribution in [3.63, 3.8) is 0 Å². The number of hydrogen-bond donors (Lipinski definition) is 0. The van der Waals surface area contributed by atoms with Gasteiger partial charge in [-0.05, 0) is 55.3 Å². The Morgan fingerprint density at radius 1 is 1.06 bits per heavy atom. The standard InChI is InChI=1S/C27H27FN2O3/c1-4-26(31)30(20-10-6-5-7-11-20)24-16-18(2)29(23-13-9-8-12-21(23)24)27(32)19-14-15-22(28)25(17-19)33-3/h5-15,17-18,24H,4,16H2,1-3H3/t18-,24+/m0/s1. The minimum atomic E-state index is -0.516. The molecule has 170 valence electrons. The zero-order chi connectivity index (χ0) is 23.5. The molecule has 0 aromatic heterocycles. The minimum absolute atomic E-state index is 0.0243. The van der Waals surface area contributed by atoms with Gasteiger partial charge < -0.3 is 14.5 Å². The second-order valence-corrected chi connectivity index (χ2v) is 8.14. The highest BCUT2D eigenvalue weighted by Gasteiger charge is 2.38. The van der Waals surface area contributed by atoms with Crippen LogP contribution < -0.4 is 14.5 Å². The highest BCUT2D eigenvalue weighted by molar-refractivity contribution is 6.08. The third-order valence-electron chi connectivity index (χ3n) is 6.09. The Labute approximate surface area is 193 Å². The maximum atomic E-state index is 13.9. The van der Waals surface area contributed by atoms with Crippen LogP contribution in [0.25, 0.3) is 0 Å². The Kier molecular flexibility index (Phi) is 6.45. The van der Waals surface area contributed by atoms with Gasteiger partial charge in [0.1, 0.15) is 0 Å². The fourth-order valence-corrected chi connectivity index (χ4v) is 4.52. The van der Waals surface area contributed by atoms with Crippen molar-refractivity contribution in [2.75, 3.05) is 16.9 Å². The first kappa shape index (κ1) is 22.5. The molecule has 0 N–H and O–H groups in total. The van der Waals surface area contributed by atoms with E-state index in [4.69, 9.17) is 4.74 Å². The van der Waals surface area contributed by atoms with E-state index in [0.717, 1.165) is 16.9 Å². The number of benzene rings is 3. The molecule has 1 heterocycles. The van der Waals surface area contributed by atoms with Gasteiger partial charge in [0.15, 0.2) is 11.6 Å². The van der Waals surface area contributed by atoms with E-state index in [9.17, 15) is 14.0 Å². The number of nitrogens with zero attached hydrogens (tertiary/aromatic N) is 2. The Bertz CT molecular complexity index is 1170. The van der Waals surface area contributed by atoms with Gasteiger partial charge in [-0.15, -0.1) is 0 Å². The molecular formula is C27H27FN2O3. The van der Waals surface area contributed by atoms with Crippen molar-refractivity contribution in [1.82, 2.24) is 0 Å². The molecule has 3 aromatic rings. The van der Waals surface area contributed by atoms with E-state index >= 15 is 0 Å². The number of methoxy groups -OCH3 is 1. The van der Waals surface area contributed by atoms with E-state index in [1.54, 1.807) is 4.90 Å². The summed E-state index contributed by atoms with van der Waals surface area (Å²) in [6.07, 6.45) is 0.946. The molecule has 2 atom stereocenters. The normalized spacial score (nSPS) is 17.3. The van der Waals surface area contributed by atoms with Gasteiger partial charge in [-0.25, -0.2) is 4.39 Å². The number of fused-ring (bicyclic) bond motifs is 1. The van der Waals surface area contributed by atoms with Crippen LogP contribution in [-0.4, -0.2) is 25.0 Å². The first-order valence-corrected chi connectivity index (χ1v) is 11.1. The third-order valence-corrected chi connectivity index (χ3v) is 6.09. The summed E-state index contributed by atoms with van der Waals surface area (Å²) in [7, 11) is 1.37. The SMILES string of the molecule is CCC(=O)N(c1ccccc1)[C@@H]1C[C@H](C)N(C(=O)c2ccc(F)c(OC)c2)c2ccccc21. The Morgan fingerprint density at radius 3 is 2.45 bits per heavy atom. The van der Waals surface area contributed by atoms with Gasteiger partial charge in [-0.2, -0.15) is 0 Å². The van der Waals surface area contributed by atoms with Gasteiger partial charge in [-0.3, -0.25) is 9.59 Å². The highest BCUT2D eigenvalue weighted by Crippen LogP contribution is 2.43. The summed E-state index contributed by atoms with van der Waals surface area (Å²) < 4.78 is 19.0. The number of para-hydroxylation sites is 2. The molecule has 0 fully saturated rings. The zero-order valence-corrected chi connectivity index (χ0v) is 19.0. The van der Waals surface area contributed by atoms with Gasteiger partial charge in [0.25, 0.3) is 5.91 Å². The molecule has 1 aliphatic heterocycles. The van der Waals surface area contributed by atoms with E-state index in [2.05, 4.69) is 0 Å². The van der Waals surface area contributed by atoms with Crippen LogP contribution in [0.2, 0.25) is 0 Å². The molecule has 33 heavy (non-hydrogen) atoms. The molecule has 1 aliphatic rings. The number of carbonyl (C=O) groups is 2. The quantitative estimate of drug-likeness (QED) is 0.501. The van der Waals surface area contributed by atoms with Crippen molar-refractivity contribution in [3.8, 4) is 5.75 Å². The van der Waals surface area contributed by atoms with Crippen LogP contribution in [0, 0.1) is 5.82 Å². The van der Waals surface area contributed by atoms with Crippen molar-refractivity contribution in [2.24, 2.45) is 0 Å². The van der Waals surface area contributed by atoms with Crippen LogP contribution >= 0.6 is 0 Å². The number of ether oxygens (including phenoxy) is 1. The molecule has 0 bridgehead atoms. The van der Waals surface area contributed by atoms with Gasteiger partial charge >= 0.3 is 0 Å². The van der Waals surface area contributed by atoms with Gasteiger partial charge in [0, 0.05) is 29.4 Å². The van der Waals surface area contributed by atoms with Crippen LogP contribution in [0.15, 0.2) is 72.8 Å². The highest BCUT2D eigenvalue weighted by atomic mass is 19.1. The molecule has 0 saturated carbocycles. The largest absolute Gasteiger partial charge is 0.494 e. The lowest BCUT2D eigenvalue weighted by Gasteiger charge is -2.43. The van der Waals surface area contributed by atoms with Crippen LogP contribution in [0.4, 0.5) is 15.8 Å². The van der Waals surface area contributed by atoms with E-state index in [-0.39, 0.29) is 29.6 Å². The number of anilines is 2. The topological polar surface area (TPSA) is 49.9 Å². The average Bonchev–Trinajstić information content (AvgIpc) is 2.84. The first-order chi connectivity index (χ1) is 16.0. The summed E-state index contributed by atoms with van der Waals surface area (Å²) in [5, 5.41) is 0. The minimum Gasteiger partial charge on any atom is -0.494 e. The number of hydrogen-bond acceptors (Lipinski definition) is 3. The summed E-state index contributed by atoms with van der Waals surface area (Å²) in [4.78, 5) is 30.2. The van der Waals surface area contributed by atoms with Gasteiger partial charge in [-0.1, -0.05) is 43.3 Å². The fourth-order valence-electron chi connectivity index (χ4n) is 4.52. The molecule has 0 spiro atoms. The summed E-state index contributed by atoms with van der Waals surface area (Å²) in [5.41, 5.74) is 2.83. The molecule has 0 unspecified atom stereocenters. The van der Waals surface area contributed by atoms with Crippen molar-refractivity contribution >= 4 is 23.2 Å². The van der Waals surface area contributed by atoms with Crippen molar-refractivity contribution in [2.45, 2.75) is 38.8 Å². The van der Waals surface area contributed by atoms with Crippen molar-refractivity contribution in [3.05, 3.63) is 89.7 Å². The van der Waals surface area contributed by atoms with Crippen LogP contribution in [0.5, 0.6) is 5.75 Å². The molecule has 2 amide bonds. The summed E-state index contributed by atoms with van der Waals surface area (Å²) in [5.74, 6) is -0.700. The lowest BCUT2D eigenvalue weighted by atomic mass is 9.89. The second-order valence-electron chi connectivity index (χ2n) is 8.14. The number of amides is 2. The Hall–Kier alpha value is -3.67. The lowest BCUT2D eigenvalue weighted by Crippen LogP contribution is -2.47. The van der Waals surface area contributed by atoms with Crippen LogP contribution in [-0.2, 0) is 4.79 Å². The summed E-state index contributed by atoms with van der Waals surface area (Å²) >= 11 is 0.